The third-order valence-electron chi connectivity index (χ3n) is 9.79. The Bertz CT molecular complexity index is 871. The van der Waals surface area contributed by atoms with Crippen LogP contribution >= 0.6 is 0 Å². The molecule has 4 rings (SSSR count). The molecule has 2 aliphatic heterocycles. The van der Waals surface area contributed by atoms with Gasteiger partial charge in [0.2, 0.25) is 0 Å². The number of cyclic esters (lactones) is 1. The lowest BCUT2D eigenvalue weighted by molar-refractivity contribution is -0.187. The maximum absolute atomic E-state index is 13.1. The maximum atomic E-state index is 13.1. The van der Waals surface area contributed by atoms with Crippen LogP contribution in [0.3, 0.4) is 0 Å². The van der Waals surface area contributed by atoms with Crippen LogP contribution < -0.4 is 0 Å². The van der Waals surface area contributed by atoms with E-state index in [1.807, 2.05) is 0 Å². The highest BCUT2D eigenvalue weighted by Crippen LogP contribution is 2.40. The highest BCUT2D eigenvalue weighted by Gasteiger charge is 2.44. The fraction of sp³-hybridized carbons (Fsp3) is 0.935. The van der Waals surface area contributed by atoms with Gasteiger partial charge in [-0.2, -0.15) is 13.2 Å². The lowest BCUT2D eigenvalue weighted by Gasteiger charge is -2.39. The van der Waals surface area contributed by atoms with E-state index < -0.39 is 18.0 Å². The van der Waals surface area contributed by atoms with Crippen molar-refractivity contribution in [3.8, 4) is 0 Å². The van der Waals surface area contributed by atoms with Gasteiger partial charge in [-0.3, -0.25) is 9.59 Å². The molecule has 9 nitrogen and oxygen atoms in total. The van der Waals surface area contributed by atoms with Crippen LogP contribution in [0.5, 0.6) is 0 Å². The van der Waals surface area contributed by atoms with E-state index in [2.05, 4.69) is 9.80 Å². The summed E-state index contributed by atoms with van der Waals surface area (Å²) < 4.78 is 68.8. The van der Waals surface area contributed by atoms with Gasteiger partial charge >= 0.3 is 18.1 Å². The van der Waals surface area contributed by atoms with Gasteiger partial charge in [-0.25, -0.2) is 0 Å². The van der Waals surface area contributed by atoms with Gasteiger partial charge in [-0.05, 0) is 83.7 Å². The molecule has 0 radical (unpaired) electrons. The van der Waals surface area contributed by atoms with Crippen LogP contribution in [0.4, 0.5) is 13.2 Å². The third kappa shape index (κ3) is 10.3. The average Bonchev–Trinajstić information content (AvgIpc) is 3.23. The summed E-state index contributed by atoms with van der Waals surface area (Å²) in [5.41, 5.74) is 0. The molecular formula is C31H51F3N2O7. The van der Waals surface area contributed by atoms with Crippen molar-refractivity contribution in [2.75, 3.05) is 66.7 Å². The summed E-state index contributed by atoms with van der Waals surface area (Å²) in [6.45, 7) is 6.21. The molecule has 12 heteroatoms. The van der Waals surface area contributed by atoms with Gasteiger partial charge in [-0.1, -0.05) is 0 Å². The molecule has 0 amide bonds. The molecular weight excluding hydrogens is 569 g/mol. The lowest BCUT2D eigenvalue weighted by Crippen LogP contribution is -2.49. The number of hydrogen-bond acceptors (Lipinski definition) is 9. The number of fused-ring (bicyclic) bond motifs is 5. The normalized spacial score (nSPS) is 37.7. The van der Waals surface area contributed by atoms with Crippen molar-refractivity contribution in [2.24, 2.45) is 17.8 Å². The molecule has 2 heterocycles. The molecule has 0 aromatic carbocycles. The smallest absolute Gasteiger partial charge is 0.391 e. The molecule has 0 spiro atoms. The minimum atomic E-state index is -4.21. The molecule has 2 saturated heterocycles. The molecule has 0 aromatic heterocycles. The van der Waals surface area contributed by atoms with Crippen LogP contribution in [0.25, 0.3) is 0 Å². The predicted octanol–water partition coefficient (Wildman–Crippen LogP) is 4.22. The van der Waals surface area contributed by atoms with Gasteiger partial charge in [0.1, 0.15) is 12.2 Å². The molecule has 4 aliphatic rings. The summed E-state index contributed by atoms with van der Waals surface area (Å²) >= 11 is 0. The molecule has 2 saturated carbocycles. The zero-order valence-corrected chi connectivity index (χ0v) is 25.9. The second kappa shape index (κ2) is 16.7. The fourth-order valence-corrected chi connectivity index (χ4v) is 7.16. The first-order valence-corrected chi connectivity index (χ1v) is 16.2. The quantitative estimate of drug-likeness (QED) is 0.429. The van der Waals surface area contributed by atoms with Crippen LogP contribution in [0.1, 0.15) is 70.6 Å². The van der Waals surface area contributed by atoms with Crippen molar-refractivity contribution in [1.29, 1.82) is 0 Å². The Morgan fingerprint density at radius 1 is 0.814 bits per heavy atom. The topological polar surface area (TPSA) is 86.8 Å². The molecule has 0 aromatic rings. The highest BCUT2D eigenvalue weighted by molar-refractivity contribution is 5.73. The van der Waals surface area contributed by atoms with E-state index in [0.29, 0.717) is 45.3 Å². The molecule has 4 fully saturated rings. The molecule has 7 unspecified atom stereocenters. The van der Waals surface area contributed by atoms with Crippen LogP contribution in [-0.4, -0.2) is 119 Å². The van der Waals surface area contributed by atoms with Crippen molar-refractivity contribution < 1.29 is 46.4 Å². The number of esters is 2. The van der Waals surface area contributed by atoms with E-state index in [-0.39, 0.29) is 68.0 Å². The van der Waals surface area contributed by atoms with E-state index in [4.69, 9.17) is 23.7 Å². The zero-order valence-electron chi connectivity index (χ0n) is 25.9. The maximum Gasteiger partial charge on any atom is 0.391 e. The van der Waals surface area contributed by atoms with Crippen LogP contribution in [-0.2, 0) is 33.3 Å². The van der Waals surface area contributed by atoms with Gasteiger partial charge in [0.15, 0.2) is 0 Å². The second-order valence-corrected chi connectivity index (χ2v) is 12.7. The summed E-state index contributed by atoms with van der Waals surface area (Å²) in [4.78, 5) is 30.9. The van der Waals surface area contributed by atoms with Crippen molar-refractivity contribution in [1.82, 2.24) is 9.80 Å². The Balaban J connectivity index is 1.40. The highest BCUT2D eigenvalue weighted by atomic mass is 19.4. The van der Waals surface area contributed by atoms with E-state index in [1.54, 1.807) is 14.2 Å². The minimum Gasteiger partial charge on any atom is -0.465 e. The van der Waals surface area contributed by atoms with Crippen molar-refractivity contribution in [2.45, 2.75) is 101 Å². The summed E-state index contributed by atoms with van der Waals surface area (Å²) in [7, 11) is 3.23. The number of rotatable bonds is 4. The van der Waals surface area contributed by atoms with Crippen LogP contribution in [0, 0.1) is 17.8 Å². The number of carbonyl (C=O) groups excluding carboxylic acids is 2. The predicted molar refractivity (Wildman–Crippen MR) is 152 cm³/mol. The van der Waals surface area contributed by atoms with Crippen molar-refractivity contribution >= 4 is 11.9 Å². The summed E-state index contributed by atoms with van der Waals surface area (Å²) in [5.74, 6) is -2.74. The zero-order chi connectivity index (χ0) is 30.8. The first-order chi connectivity index (χ1) is 20.7. The summed E-state index contributed by atoms with van der Waals surface area (Å²) in [6.07, 6.45) is -0.423. The molecule has 248 valence electrons. The largest absolute Gasteiger partial charge is 0.465 e. The van der Waals surface area contributed by atoms with Gasteiger partial charge in [0.05, 0.1) is 36.6 Å². The molecule has 43 heavy (non-hydrogen) atoms. The van der Waals surface area contributed by atoms with E-state index in [9.17, 15) is 22.8 Å². The average molecular weight is 621 g/mol. The Hall–Kier alpha value is -1.47. The van der Waals surface area contributed by atoms with Crippen molar-refractivity contribution in [3.05, 3.63) is 0 Å². The first kappa shape index (κ1) is 34.4. The monoisotopic (exact) mass is 620 g/mol. The van der Waals surface area contributed by atoms with E-state index in [0.717, 1.165) is 52.1 Å². The van der Waals surface area contributed by atoms with Gasteiger partial charge < -0.3 is 33.5 Å². The van der Waals surface area contributed by atoms with Gasteiger partial charge in [0, 0.05) is 47.0 Å². The molecule has 7 atom stereocenters. The molecule has 0 N–H and O–H groups in total. The first-order valence-electron chi connectivity index (χ1n) is 16.2. The number of nitrogens with zero attached hydrogens (tertiary/aromatic N) is 2. The standard InChI is InChI=1S/C31H51F3N2O7/c1-39-26-20-23-21-27(28(26)40-2)41-18-3-6-25(43-30(38)22-7-9-24(10-8-22)31(32,33)34)11-15-36-13-4-12-35(16-17-36)14-5-19-42-29(23)37/h22-28H,3-21H2,1-2H3. The van der Waals surface area contributed by atoms with Gasteiger partial charge in [-0.15, -0.1) is 0 Å². The number of ether oxygens (including phenoxy) is 5. The fourth-order valence-electron chi connectivity index (χ4n) is 7.16. The Morgan fingerprint density at radius 2 is 1.51 bits per heavy atom. The number of carbonyl (C=O) groups is 2. The molecule has 2 aliphatic carbocycles. The Kier molecular flexibility index (Phi) is 13.4. The van der Waals surface area contributed by atoms with E-state index >= 15 is 0 Å². The molecule has 4 bridgehead atoms. The lowest BCUT2D eigenvalue weighted by atomic mass is 9.81. The summed E-state index contributed by atoms with van der Waals surface area (Å²) in [5, 5.41) is 0. The Labute approximate surface area is 254 Å². The Morgan fingerprint density at radius 3 is 2.19 bits per heavy atom. The number of alkyl halides is 3. The number of halogens is 3. The van der Waals surface area contributed by atoms with Crippen LogP contribution in [0.15, 0.2) is 0 Å². The van der Waals surface area contributed by atoms with E-state index in [1.165, 1.54) is 0 Å². The number of hydrogen-bond donors (Lipinski definition) is 0. The van der Waals surface area contributed by atoms with Gasteiger partial charge in [0.25, 0.3) is 0 Å². The third-order valence-corrected chi connectivity index (χ3v) is 9.79. The number of methoxy groups -OCH3 is 2. The second-order valence-electron chi connectivity index (χ2n) is 12.7. The summed E-state index contributed by atoms with van der Waals surface area (Å²) in [6, 6.07) is 0. The van der Waals surface area contributed by atoms with Crippen molar-refractivity contribution in [3.63, 3.8) is 0 Å². The SMILES string of the molecule is COC1CC2CC(OCCCC(OC(=O)C3CCC(C(F)(F)F)CC3)CCN3CCCN(CCCOC2=O)CC3)C1OC. The minimum absolute atomic E-state index is 0.0227. The van der Waals surface area contributed by atoms with Crippen LogP contribution in [0.2, 0.25) is 0 Å².